The molecule has 0 saturated carbocycles. The van der Waals surface area contributed by atoms with E-state index in [1.54, 1.807) is 30.5 Å². The summed E-state index contributed by atoms with van der Waals surface area (Å²) in [4.78, 5) is 31.2. The van der Waals surface area contributed by atoms with Crippen LogP contribution in [0.2, 0.25) is 0 Å². The van der Waals surface area contributed by atoms with Crippen LogP contribution >= 0.6 is 0 Å². The van der Waals surface area contributed by atoms with Crippen molar-refractivity contribution in [3.63, 3.8) is 0 Å². The zero-order valence-electron chi connectivity index (χ0n) is 21.6. The van der Waals surface area contributed by atoms with E-state index in [-0.39, 0.29) is 17.2 Å². The number of halogens is 1. The minimum atomic E-state index is -0.557. The average molecular weight is 517 g/mol. The molecular formula is C28H29FN6O3. The number of anilines is 1. The van der Waals surface area contributed by atoms with Gasteiger partial charge in [-0.05, 0) is 30.8 Å². The average Bonchev–Trinajstić information content (AvgIpc) is 2.95. The molecule has 1 aliphatic rings. The molecule has 38 heavy (non-hydrogen) atoms. The monoisotopic (exact) mass is 516 g/mol. The molecule has 0 unspecified atom stereocenters. The van der Waals surface area contributed by atoms with Gasteiger partial charge in [0.1, 0.15) is 17.1 Å². The van der Waals surface area contributed by atoms with E-state index in [0.29, 0.717) is 33.7 Å². The highest BCUT2D eigenvalue weighted by Gasteiger charge is 2.21. The van der Waals surface area contributed by atoms with Gasteiger partial charge in [-0.1, -0.05) is 12.1 Å². The van der Waals surface area contributed by atoms with Gasteiger partial charge in [-0.2, -0.15) is 0 Å². The number of hydrogen-bond acceptors (Lipinski definition) is 8. The first kappa shape index (κ1) is 25.5. The van der Waals surface area contributed by atoms with Gasteiger partial charge in [-0.15, -0.1) is 0 Å². The molecule has 1 aliphatic heterocycles. The lowest BCUT2D eigenvalue weighted by molar-refractivity contribution is 0.102. The second-order valence-corrected chi connectivity index (χ2v) is 9.19. The summed E-state index contributed by atoms with van der Waals surface area (Å²) in [6.07, 6.45) is 4.79. The lowest BCUT2D eigenvalue weighted by Crippen LogP contribution is -2.43. The van der Waals surface area contributed by atoms with Gasteiger partial charge in [-0.25, -0.2) is 9.37 Å². The summed E-state index contributed by atoms with van der Waals surface area (Å²) in [7, 11) is 5.02. The molecule has 2 aromatic carbocycles. The second kappa shape index (κ2) is 11.1. The summed E-state index contributed by atoms with van der Waals surface area (Å²) in [6, 6.07) is 10.1. The zero-order chi connectivity index (χ0) is 26.6. The van der Waals surface area contributed by atoms with Crippen molar-refractivity contribution in [3.05, 3.63) is 71.9 Å². The Morgan fingerprint density at radius 3 is 2.39 bits per heavy atom. The number of pyridine rings is 1. The maximum atomic E-state index is 15.2. The van der Waals surface area contributed by atoms with Crippen LogP contribution in [0.5, 0.6) is 11.5 Å². The number of benzene rings is 2. The number of likely N-dealkylation sites (N-methyl/N-ethyl adjacent to an activating group) is 1. The number of amides is 1. The predicted octanol–water partition coefficient (Wildman–Crippen LogP) is 3.85. The third-order valence-corrected chi connectivity index (χ3v) is 6.70. The predicted molar refractivity (Wildman–Crippen MR) is 143 cm³/mol. The molecule has 1 fully saturated rings. The Morgan fingerprint density at radius 1 is 0.947 bits per heavy atom. The van der Waals surface area contributed by atoms with E-state index in [9.17, 15) is 4.79 Å². The number of aromatic nitrogens is 3. The van der Waals surface area contributed by atoms with Crippen LogP contribution in [0.1, 0.15) is 15.9 Å². The van der Waals surface area contributed by atoms with Gasteiger partial charge in [-0.3, -0.25) is 19.7 Å². The fraction of sp³-hybridized carbons (Fsp3) is 0.286. The highest BCUT2D eigenvalue weighted by atomic mass is 19.1. The standard InChI is InChI=1S/C28H29FN6O3/c1-34-10-12-35(13-11-34)17-18-4-7-24(32-16-18)33-28(36)21-6-5-20(26-27(21)31-9-8-30-26)22-14-19(37-2)15-23(38-3)25(22)29/h4-9,14-16H,10-13,17H2,1-3H3,(H,32,33,36). The number of nitrogens with one attached hydrogen (secondary N) is 1. The maximum absolute atomic E-state index is 15.2. The quantitative estimate of drug-likeness (QED) is 0.396. The molecular weight excluding hydrogens is 487 g/mol. The first-order chi connectivity index (χ1) is 18.5. The Bertz CT molecular complexity index is 1460. The molecule has 196 valence electrons. The minimum absolute atomic E-state index is 0.0420. The Balaban J connectivity index is 1.39. The SMILES string of the molecule is COc1cc(OC)c(F)c(-c2ccc(C(=O)Nc3ccc(CN4CCN(C)CC4)cn3)c3nccnc23)c1. The van der Waals surface area contributed by atoms with Crippen LogP contribution in [0.4, 0.5) is 10.2 Å². The van der Waals surface area contributed by atoms with E-state index in [0.717, 1.165) is 38.3 Å². The summed E-state index contributed by atoms with van der Waals surface area (Å²) < 4.78 is 25.7. The highest BCUT2D eigenvalue weighted by molar-refractivity contribution is 6.13. The molecule has 10 heteroatoms. The fourth-order valence-electron chi connectivity index (χ4n) is 4.53. The van der Waals surface area contributed by atoms with Crippen LogP contribution in [-0.2, 0) is 6.54 Å². The number of nitrogens with zero attached hydrogens (tertiary/aromatic N) is 5. The number of fused-ring (bicyclic) bond motifs is 1. The first-order valence-corrected chi connectivity index (χ1v) is 12.3. The van der Waals surface area contributed by atoms with Crippen molar-refractivity contribution in [1.29, 1.82) is 0 Å². The van der Waals surface area contributed by atoms with Gasteiger partial charge < -0.3 is 19.7 Å². The van der Waals surface area contributed by atoms with Crippen molar-refractivity contribution in [2.24, 2.45) is 0 Å². The molecule has 2 aromatic heterocycles. The van der Waals surface area contributed by atoms with Gasteiger partial charge in [0.25, 0.3) is 5.91 Å². The normalized spacial score (nSPS) is 14.4. The van der Waals surface area contributed by atoms with Gasteiger partial charge in [0.15, 0.2) is 11.6 Å². The van der Waals surface area contributed by atoms with Crippen molar-refractivity contribution < 1.29 is 18.7 Å². The molecule has 1 saturated heterocycles. The number of piperazine rings is 1. The molecule has 5 rings (SSSR count). The van der Waals surface area contributed by atoms with Crippen LogP contribution in [0.15, 0.2) is 55.0 Å². The zero-order valence-corrected chi connectivity index (χ0v) is 21.6. The molecule has 0 spiro atoms. The molecule has 0 bridgehead atoms. The lowest BCUT2D eigenvalue weighted by Gasteiger charge is -2.32. The van der Waals surface area contributed by atoms with Gasteiger partial charge in [0.05, 0.1) is 25.3 Å². The minimum Gasteiger partial charge on any atom is -0.497 e. The Morgan fingerprint density at radius 2 is 1.71 bits per heavy atom. The molecule has 0 radical (unpaired) electrons. The highest BCUT2D eigenvalue weighted by Crippen LogP contribution is 2.37. The Hall–Kier alpha value is -4.15. The van der Waals surface area contributed by atoms with Gasteiger partial charge in [0, 0.05) is 68.5 Å². The molecule has 1 amide bonds. The van der Waals surface area contributed by atoms with Crippen molar-refractivity contribution in [2.45, 2.75) is 6.54 Å². The molecule has 0 aliphatic carbocycles. The number of carbonyl (C=O) groups excluding carboxylic acids is 1. The van der Waals surface area contributed by atoms with E-state index in [2.05, 4.69) is 37.1 Å². The Kier molecular flexibility index (Phi) is 7.43. The molecule has 3 heterocycles. The third kappa shape index (κ3) is 5.27. The number of rotatable bonds is 7. The topological polar surface area (TPSA) is 92.7 Å². The molecule has 4 aromatic rings. The molecule has 9 nitrogen and oxygen atoms in total. The van der Waals surface area contributed by atoms with Crippen LogP contribution in [0.25, 0.3) is 22.2 Å². The van der Waals surface area contributed by atoms with Crippen LogP contribution in [-0.4, -0.2) is 78.1 Å². The summed E-state index contributed by atoms with van der Waals surface area (Å²) >= 11 is 0. The van der Waals surface area contributed by atoms with E-state index in [1.807, 2.05) is 6.07 Å². The fourth-order valence-corrected chi connectivity index (χ4v) is 4.53. The second-order valence-electron chi connectivity index (χ2n) is 9.19. The van der Waals surface area contributed by atoms with E-state index in [4.69, 9.17) is 9.47 Å². The van der Waals surface area contributed by atoms with Crippen molar-refractivity contribution >= 4 is 22.8 Å². The summed E-state index contributed by atoms with van der Waals surface area (Å²) in [5, 5.41) is 2.84. The van der Waals surface area contributed by atoms with Crippen LogP contribution < -0.4 is 14.8 Å². The summed E-state index contributed by atoms with van der Waals surface area (Å²) in [6.45, 7) is 4.96. The molecule has 1 N–H and O–H groups in total. The Labute approximate surface area is 220 Å². The number of methoxy groups -OCH3 is 2. The largest absolute Gasteiger partial charge is 0.497 e. The smallest absolute Gasteiger partial charge is 0.259 e. The third-order valence-electron chi connectivity index (χ3n) is 6.70. The van der Waals surface area contributed by atoms with Gasteiger partial charge >= 0.3 is 0 Å². The van der Waals surface area contributed by atoms with Crippen molar-refractivity contribution in [2.75, 3.05) is 52.8 Å². The van der Waals surface area contributed by atoms with Crippen molar-refractivity contribution in [3.8, 4) is 22.6 Å². The van der Waals surface area contributed by atoms with Crippen LogP contribution in [0.3, 0.4) is 0 Å². The number of hydrogen-bond donors (Lipinski definition) is 1. The van der Waals surface area contributed by atoms with E-state index >= 15 is 4.39 Å². The summed E-state index contributed by atoms with van der Waals surface area (Å²) in [5.41, 5.74) is 2.81. The maximum Gasteiger partial charge on any atom is 0.259 e. The van der Waals surface area contributed by atoms with E-state index in [1.165, 1.54) is 32.7 Å². The van der Waals surface area contributed by atoms with Gasteiger partial charge in [0.2, 0.25) is 0 Å². The van der Waals surface area contributed by atoms with Crippen LogP contribution in [0, 0.1) is 5.82 Å². The number of carbonyl (C=O) groups is 1. The first-order valence-electron chi connectivity index (χ1n) is 12.3. The van der Waals surface area contributed by atoms with E-state index < -0.39 is 5.82 Å². The summed E-state index contributed by atoms with van der Waals surface area (Å²) in [5.74, 6) is -0.0372. The van der Waals surface area contributed by atoms with Crippen molar-refractivity contribution in [1.82, 2.24) is 24.8 Å². The molecule has 0 atom stereocenters. The number of ether oxygens (including phenoxy) is 2. The lowest BCUT2D eigenvalue weighted by atomic mass is 9.99.